The number of halogens is 3. The smallest absolute Gasteiger partial charge is 0.457 e. The third-order valence-electron chi connectivity index (χ3n) is 2.45. The number of aryl methyl sites for hydroxylation is 2. The lowest BCUT2D eigenvalue weighted by Gasteiger charge is -2.10. The van der Waals surface area contributed by atoms with Crippen LogP contribution in [0.4, 0.5) is 18.9 Å². The summed E-state index contributed by atoms with van der Waals surface area (Å²) in [5.41, 5.74) is 2.45. The Morgan fingerprint density at radius 2 is 1.90 bits per heavy atom. The summed E-state index contributed by atoms with van der Waals surface area (Å²) in [6, 6.07) is 3.56. The topological polar surface area (TPSA) is 24.8 Å². The molecule has 0 amide bonds. The van der Waals surface area contributed by atoms with Crippen LogP contribution >= 0.6 is 0 Å². The van der Waals surface area contributed by atoms with E-state index in [4.69, 9.17) is 4.74 Å². The van der Waals surface area contributed by atoms with Gasteiger partial charge in [0.15, 0.2) is 0 Å². The van der Waals surface area contributed by atoms with Gasteiger partial charge >= 0.3 is 6.18 Å². The van der Waals surface area contributed by atoms with Crippen molar-refractivity contribution in [2.75, 3.05) is 20.7 Å². The van der Waals surface area contributed by atoms with Crippen LogP contribution in [-0.2, 0) is 0 Å². The van der Waals surface area contributed by atoms with Crippen LogP contribution in [0.2, 0.25) is 0 Å². The van der Waals surface area contributed by atoms with Gasteiger partial charge in [-0.2, -0.15) is 13.2 Å². The highest BCUT2D eigenvalue weighted by molar-refractivity contribution is 5.64. The average molecular weight is 298 g/mol. The molecule has 0 saturated heterocycles. The number of aliphatic imine (C=N–C) groups is 1. The van der Waals surface area contributed by atoms with Crippen molar-refractivity contribution in [3.63, 3.8) is 0 Å². The summed E-state index contributed by atoms with van der Waals surface area (Å²) in [5.74, 6) is 3.62. The number of rotatable bonds is 4. The molecule has 0 aliphatic carbocycles. The SMILES string of the molecule is Cc1cc(OCC#CC(F)(F)F)c(C)cc1/N=C/N(C)C. The van der Waals surface area contributed by atoms with Crippen molar-refractivity contribution >= 4 is 12.0 Å². The van der Waals surface area contributed by atoms with Crippen molar-refractivity contribution in [1.29, 1.82) is 0 Å². The van der Waals surface area contributed by atoms with Crippen LogP contribution in [-0.4, -0.2) is 38.1 Å². The lowest BCUT2D eigenvalue weighted by molar-refractivity contribution is -0.0698. The molecule has 0 bridgehead atoms. The number of ether oxygens (including phenoxy) is 1. The zero-order valence-electron chi connectivity index (χ0n) is 12.4. The highest BCUT2D eigenvalue weighted by Crippen LogP contribution is 2.28. The van der Waals surface area contributed by atoms with Crippen molar-refractivity contribution in [3.05, 3.63) is 23.3 Å². The molecular weight excluding hydrogens is 281 g/mol. The van der Waals surface area contributed by atoms with E-state index in [0.717, 1.165) is 16.8 Å². The minimum absolute atomic E-state index is 0.305. The van der Waals surface area contributed by atoms with E-state index < -0.39 is 6.18 Å². The fourth-order valence-corrected chi connectivity index (χ4v) is 1.50. The first kappa shape index (κ1) is 16.9. The maximum absolute atomic E-state index is 11.9. The van der Waals surface area contributed by atoms with Crippen molar-refractivity contribution in [2.45, 2.75) is 20.0 Å². The second-order valence-electron chi connectivity index (χ2n) is 4.70. The summed E-state index contributed by atoms with van der Waals surface area (Å²) in [4.78, 5) is 6.12. The third-order valence-corrected chi connectivity index (χ3v) is 2.45. The van der Waals surface area contributed by atoms with E-state index in [1.165, 1.54) is 5.92 Å². The molecule has 0 N–H and O–H groups in total. The molecule has 0 unspecified atom stereocenters. The van der Waals surface area contributed by atoms with Gasteiger partial charge in [-0.15, -0.1) is 0 Å². The highest BCUT2D eigenvalue weighted by Gasteiger charge is 2.22. The predicted octanol–water partition coefficient (Wildman–Crippen LogP) is 3.47. The van der Waals surface area contributed by atoms with Crippen molar-refractivity contribution in [2.24, 2.45) is 4.99 Å². The van der Waals surface area contributed by atoms with Crippen LogP contribution in [0.25, 0.3) is 0 Å². The Morgan fingerprint density at radius 1 is 1.24 bits per heavy atom. The number of hydrogen-bond donors (Lipinski definition) is 0. The van der Waals surface area contributed by atoms with Gasteiger partial charge in [0.25, 0.3) is 0 Å². The van der Waals surface area contributed by atoms with Gasteiger partial charge in [-0.05, 0) is 37.1 Å². The molecule has 1 rings (SSSR count). The van der Waals surface area contributed by atoms with Crippen molar-refractivity contribution in [3.8, 4) is 17.6 Å². The number of benzene rings is 1. The molecule has 114 valence electrons. The quantitative estimate of drug-likeness (QED) is 0.483. The Labute approximate surface area is 122 Å². The Kier molecular flexibility index (Phi) is 5.65. The first-order chi connectivity index (χ1) is 9.69. The first-order valence-corrected chi connectivity index (χ1v) is 6.20. The van der Waals surface area contributed by atoms with Gasteiger partial charge in [-0.25, -0.2) is 4.99 Å². The molecule has 6 heteroatoms. The number of nitrogens with zero attached hydrogens (tertiary/aromatic N) is 2. The molecule has 0 spiro atoms. The Morgan fingerprint density at radius 3 is 2.48 bits per heavy atom. The summed E-state index contributed by atoms with van der Waals surface area (Å²) in [6.45, 7) is 3.36. The summed E-state index contributed by atoms with van der Waals surface area (Å²) >= 11 is 0. The molecule has 0 aromatic heterocycles. The molecule has 3 nitrogen and oxygen atoms in total. The van der Waals surface area contributed by atoms with Crippen LogP contribution in [0.15, 0.2) is 17.1 Å². The first-order valence-electron chi connectivity index (χ1n) is 6.20. The molecule has 0 aliphatic heterocycles. The van der Waals surface area contributed by atoms with Crippen LogP contribution in [0.1, 0.15) is 11.1 Å². The molecule has 1 aromatic rings. The fourth-order valence-electron chi connectivity index (χ4n) is 1.50. The van der Waals surface area contributed by atoms with Crippen LogP contribution < -0.4 is 4.74 Å². The fraction of sp³-hybridized carbons (Fsp3) is 0.400. The van der Waals surface area contributed by atoms with E-state index >= 15 is 0 Å². The molecule has 0 radical (unpaired) electrons. The van der Waals surface area contributed by atoms with E-state index in [-0.39, 0.29) is 6.61 Å². The molecular formula is C15H17F3N2O. The normalized spacial score (nSPS) is 11.2. The van der Waals surface area contributed by atoms with E-state index in [9.17, 15) is 13.2 Å². The van der Waals surface area contributed by atoms with Gasteiger partial charge in [0.1, 0.15) is 12.4 Å². The van der Waals surface area contributed by atoms with E-state index in [1.807, 2.05) is 37.9 Å². The molecule has 0 atom stereocenters. The standard InChI is InChI=1S/C15H17F3N2O/c1-11-9-14(21-7-5-6-15(16,17)18)12(2)8-13(11)19-10-20(3)4/h8-10H,7H2,1-4H3/b19-10+. The summed E-state index contributed by atoms with van der Waals surface area (Å²) in [7, 11) is 3.73. The Bertz CT molecular complexity index is 581. The molecule has 0 saturated carbocycles. The van der Waals surface area contributed by atoms with Crippen molar-refractivity contribution in [1.82, 2.24) is 4.90 Å². The number of alkyl halides is 3. The largest absolute Gasteiger partial charge is 0.481 e. The van der Waals surface area contributed by atoms with Crippen LogP contribution in [0.3, 0.4) is 0 Å². The Hall–Kier alpha value is -2.16. The number of hydrogen-bond acceptors (Lipinski definition) is 2. The molecule has 1 aromatic carbocycles. The maximum atomic E-state index is 11.9. The van der Waals surface area contributed by atoms with E-state index in [2.05, 4.69) is 4.99 Å². The van der Waals surface area contributed by atoms with Crippen molar-refractivity contribution < 1.29 is 17.9 Å². The van der Waals surface area contributed by atoms with E-state index in [0.29, 0.717) is 5.75 Å². The van der Waals surface area contributed by atoms with Gasteiger partial charge in [0.05, 0.1) is 12.0 Å². The van der Waals surface area contributed by atoms with E-state index in [1.54, 1.807) is 19.3 Å². The second-order valence-corrected chi connectivity index (χ2v) is 4.70. The minimum atomic E-state index is -4.49. The van der Waals surface area contributed by atoms with Gasteiger partial charge in [-0.3, -0.25) is 0 Å². The van der Waals surface area contributed by atoms with Crippen LogP contribution in [0.5, 0.6) is 5.75 Å². The van der Waals surface area contributed by atoms with Gasteiger partial charge in [0.2, 0.25) is 0 Å². The molecule has 0 heterocycles. The average Bonchev–Trinajstić information content (AvgIpc) is 2.35. The molecule has 21 heavy (non-hydrogen) atoms. The van der Waals surface area contributed by atoms with Gasteiger partial charge < -0.3 is 9.64 Å². The zero-order valence-corrected chi connectivity index (χ0v) is 12.4. The highest BCUT2D eigenvalue weighted by atomic mass is 19.4. The second kappa shape index (κ2) is 7.02. The molecule has 0 fully saturated rings. The Balaban J connectivity index is 2.81. The summed E-state index contributed by atoms with van der Waals surface area (Å²) in [5, 5.41) is 0. The van der Waals surface area contributed by atoms with Crippen LogP contribution in [0, 0.1) is 25.7 Å². The predicted molar refractivity (Wildman–Crippen MR) is 77.1 cm³/mol. The zero-order chi connectivity index (χ0) is 16.0. The third kappa shape index (κ3) is 6.21. The minimum Gasteiger partial charge on any atom is -0.481 e. The monoisotopic (exact) mass is 298 g/mol. The van der Waals surface area contributed by atoms with Gasteiger partial charge in [0, 0.05) is 20.0 Å². The summed E-state index contributed by atoms with van der Waals surface area (Å²) in [6.07, 6.45) is -2.81. The lowest BCUT2D eigenvalue weighted by atomic mass is 10.1. The van der Waals surface area contributed by atoms with Gasteiger partial charge in [-0.1, -0.05) is 5.92 Å². The molecule has 0 aliphatic rings. The maximum Gasteiger partial charge on any atom is 0.457 e. The summed E-state index contributed by atoms with van der Waals surface area (Å²) < 4.78 is 40.9. The lowest BCUT2D eigenvalue weighted by Crippen LogP contribution is -2.07.